The van der Waals surface area contributed by atoms with Crippen molar-refractivity contribution >= 4 is 46.9 Å². The highest BCUT2D eigenvalue weighted by Crippen LogP contribution is 2.25. The molecule has 170 valence electrons. The Morgan fingerprint density at radius 2 is 1.94 bits per heavy atom. The SMILES string of the molecule is O=C1CC(Cc2nnc(SCC(=O)Nc3ccccc3F)n2-c2ccc(Cl)cc2)NC(=O)N1. The second-order valence-electron chi connectivity index (χ2n) is 7.15. The summed E-state index contributed by atoms with van der Waals surface area (Å²) in [4.78, 5) is 35.7. The molecule has 9 nitrogen and oxygen atoms in total. The molecule has 3 N–H and O–H groups in total. The first-order valence-electron chi connectivity index (χ1n) is 9.87. The summed E-state index contributed by atoms with van der Waals surface area (Å²) < 4.78 is 15.5. The summed E-state index contributed by atoms with van der Waals surface area (Å²) in [5, 5.41) is 16.8. The molecule has 4 amide bonds. The third-order valence-corrected chi connectivity index (χ3v) is 5.90. The van der Waals surface area contributed by atoms with Crippen LogP contribution in [0.4, 0.5) is 14.9 Å². The highest BCUT2D eigenvalue weighted by Gasteiger charge is 2.27. The summed E-state index contributed by atoms with van der Waals surface area (Å²) in [6.07, 6.45) is 0.351. The average Bonchev–Trinajstić information content (AvgIpc) is 3.16. The zero-order chi connectivity index (χ0) is 23.4. The van der Waals surface area contributed by atoms with E-state index in [9.17, 15) is 18.8 Å². The number of para-hydroxylation sites is 1. The summed E-state index contributed by atoms with van der Waals surface area (Å²) in [6, 6.07) is 11.8. The van der Waals surface area contributed by atoms with Gasteiger partial charge in [0.15, 0.2) is 5.16 Å². The van der Waals surface area contributed by atoms with Crippen LogP contribution in [0.25, 0.3) is 5.69 Å². The van der Waals surface area contributed by atoms with Crippen LogP contribution in [0.15, 0.2) is 53.7 Å². The quantitative estimate of drug-likeness (QED) is 0.440. The number of carbonyl (C=O) groups excluding carboxylic acids is 3. The molecule has 1 atom stereocenters. The van der Waals surface area contributed by atoms with E-state index in [4.69, 9.17) is 11.6 Å². The number of carbonyl (C=O) groups is 3. The van der Waals surface area contributed by atoms with Crippen LogP contribution in [-0.2, 0) is 16.0 Å². The number of aromatic nitrogens is 3. The third kappa shape index (κ3) is 5.68. The number of hydrogen-bond acceptors (Lipinski definition) is 6. The first-order valence-corrected chi connectivity index (χ1v) is 11.2. The molecule has 33 heavy (non-hydrogen) atoms. The number of nitrogens with one attached hydrogen (secondary N) is 3. The summed E-state index contributed by atoms with van der Waals surface area (Å²) in [5.41, 5.74) is 0.789. The summed E-state index contributed by atoms with van der Waals surface area (Å²) >= 11 is 7.13. The summed E-state index contributed by atoms with van der Waals surface area (Å²) in [6.45, 7) is 0. The number of thioether (sulfide) groups is 1. The standard InChI is InChI=1S/C21H18ClFN6O3S/c22-12-5-7-14(8-6-12)29-17(9-13-10-18(30)26-20(32)24-13)27-28-21(29)33-11-19(31)25-16-4-2-1-3-15(16)23/h1-8,13H,9-11H2,(H,25,31)(H2,24,26,30,32). The van der Waals surface area contributed by atoms with E-state index in [0.717, 1.165) is 11.8 Å². The predicted octanol–water partition coefficient (Wildman–Crippen LogP) is 2.93. The van der Waals surface area contributed by atoms with Crippen molar-refractivity contribution in [2.75, 3.05) is 11.1 Å². The van der Waals surface area contributed by atoms with Gasteiger partial charge in [-0.05, 0) is 36.4 Å². The van der Waals surface area contributed by atoms with E-state index in [1.807, 2.05) is 0 Å². The summed E-state index contributed by atoms with van der Waals surface area (Å²) in [7, 11) is 0. The molecular formula is C21H18ClFN6O3S. The molecular weight excluding hydrogens is 471 g/mol. The van der Waals surface area contributed by atoms with E-state index in [-0.39, 0.29) is 30.2 Å². The maximum absolute atomic E-state index is 13.8. The normalized spacial score (nSPS) is 15.6. The number of rotatable bonds is 7. The van der Waals surface area contributed by atoms with Crippen LogP contribution in [0, 0.1) is 5.82 Å². The van der Waals surface area contributed by atoms with Gasteiger partial charge in [-0.1, -0.05) is 35.5 Å². The van der Waals surface area contributed by atoms with Crippen molar-refractivity contribution in [3.63, 3.8) is 0 Å². The fourth-order valence-corrected chi connectivity index (χ4v) is 4.17. The maximum atomic E-state index is 13.8. The zero-order valence-corrected chi connectivity index (χ0v) is 18.6. The third-order valence-electron chi connectivity index (χ3n) is 4.71. The van der Waals surface area contributed by atoms with Crippen LogP contribution in [0.2, 0.25) is 5.02 Å². The van der Waals surface area contributed by atoms with Gasteiger partial charge in [-0.3, -0.25) is 19.5 Å². The second-order valence-corrected chi connectivity index (χ2v) is 8.53. The van der Waals surface area contributed by atoms with Gasteiger partial charge in [0.1, 0.15) is 11.6 Å². The number of anilines is 1. The van der Waals surface area contributed by atoms with Crippen molar-refractivity contribution in [1.29, 1.82) is 0 Å². The minimum atomic E-state index is -0.562. The average molecular weight is 489 g/mol. The Morgan fingerprint density at radius 1 is 1.18 bits per heavy atom. The smallest absolute Gasteiger partial charge is 0.321 e. The number of benzene rings is 2. The van der Waals surface area contributed by atoms with Crippen LogP contribution >= 0.6 is 23.4 Å². The second kappa shape index (κ2) is 10.0. The lowest BCUT2D eigenvalue weighted by molar-refractivity contribution is -0.121. The van der Waals surface area contributed by atoms with Gasteiger partial charge in [0, 0.05) is 29.6 Å². The Balaban J connectivity index is 1.54. The number of imide groups is 1. The Bertz CT molecular complexity index is 1190. The highest BCUT2D eigenvalue weighted by atomic mass is 35.5. The molecule has 1 saturated heterocycles. The fourth-order valence-electron chi connectivity index (χ4n) is 3.27. The van der Waals surface area contributed by atoms with E-state index in [1.54, 1.807) is 34.9 Å². The number of halogens is 2. The lowest BCUT2D eigenvalue weighted by atomic mass is 10.1. The minimum Gasteiger partial charge on any atom is -0.334 e. The van der Waals surface area contributed by atoms with Gasteiger partial charge in [-0.25, -0.2) is 9.18 Å². The van der Waals surface area contributed by atoms with Crippen molar-refractivity contribution in [3.8, 4) is 5.69 Å². The lowest BCUT2D eigenvalue weighted by Gasteiger charge is -2.23. The minimum absolute atomic E-state index is 0.0391. The van der Waals surface area contributed by atoms with Crippen LogP contribution in [-0.4, -0.2) is 44.4 Å². The van der Waals surface area contributed by atoms with Crippen LogP contribution in [0.1, 0.15) is 12.2 Å². The largest absolute Gasteiger partial charge is 0.334 e. The topological polar surface area (TPSA) is 118 Å². The molecule has 0 saturated carbocycles. The first kappa shape index (κ1) is 22.7. The zero-order valence-electron chi connectivity index (χ0n) is 17.0. The number of hydrogen-bond donors (Lipinski definition) is 3. The number of amides is 4. The lowest BCUT2D eigenvalue weighted by Crippen LogP contribution is -2.53. The molecule has 1 fully saturated rings. The van der Waals surface area contributed by atoms with Crippen LogP contribution < -0.4 is 16.0 Å². The molecule has 1 aliphatic heterocycles. The van der Waals surface area contributed by atoms with Gasteiger partial charge in [-0.2, -0.15) is 0 Å². The number of nitrogens with zero attached hydrogens (tertiary/aromatic N) is 3. The Hall–Kier alpha value is -3.44. The molecule has 1 aromatic heterocycles. The Labute approximate surface area is 197 Å². The maximum Gasteiger partial charge on any atom is 0.321 e. The van der Waals surface area contributed by atoms with Crippen molar-refractivity contribution in [1.82, 2.24) is 25.4 Å². The van der Waals surface area contributed by atoms with E-state index in [1.165, 1.54) is 18.2 Å². The molecule has 0 radical (unpaired) electrons. The Kier molecular flexibility index (Phi) is 6.90. The molecule has 0 aliphatic carbocycles. The van der Waals surface area contributed by atoms with Gasteiger partial charge < -0.3 is 10.6 Å². The van der Waals surface area contributed by atoms with Gasteiger partial charge in [0.25, 0.3) is 0 Å². The molecule has 12 heteroatoms. The summed E-state index contributed by atoms with van der Waals surface area (Å²) in [5.74, 6) is -0.854. The van der Waals surface area contributed by atoms with Gasteiger partial charge in [0.2, 0.25) is 11.8 Å². The van der Waals surface area contributed by atoms with Gasteiger partial charge in [0.05, 0.1) is 11.4 Å². The highest BCUT2D eigenvalue weighted by molar-refractivity contribution is 7.99. The fraction of sp³-hybridized carbons (Fsp3) is 0.190. The van der Waals surface area contributed by atoms with E-state index in [0.29, 0.717) is 21.7 Å². The predicted molar refractivity (Wildman–Crippen MR) is 121 cm³/mol. The molecule has 0 spiro atoms. The molecule has 2 aromatic carbocycles. The van der Waals surface area contributed by atoms with E-state index >= 15 is 0 Å². The molecule has 1 unspecified atom stereocenters. The van der Waals surface area contributed by atoms with Gasteiger partial charge >= 0.3 is 6.03 Å². The van der Waals surface area contributed by atoms with Crippen molar-refractivity contribution in [3.05, 3.63) is 65.2 Å². The molecule has 0 bridgehead atoms. The van der Waals surface area contributed by atoms with Gasteiger partial charge in [-0.15, -0.1) is 10.2 Å². The van der Waals surface area contributed by atoms with Crippen molar-refractivity contribution in [2.45, 2.75) is 24.0 Å². The Morgan fingerprint density at radius 3 is 2.67 bits per heavy atom. The molecule has 3 aromatic rings. The monoisotopic (exact) mass is 488 g/mol. The van der Waals surface area contributed by atoms with Crippen molar-refractivity contribution in [2.24, 2.45) is 0 Å². The van der Waals surface area contributed by atoms with Crippen LogP contribution in [0.5, 0.6) is 0 Å². The molecule has 4 rings (SSSR count). The van der Waals surface area contributed by atoms with Crippen LogP contribution in [0.3, 0.4) is 0 Å². The molecule has 2 heterocycles. The van der Waals surface area contributed by atoms with E-state index < -0.39 is 23.8 Å². The molecule has 1 aliphatic rings. The van der Waals surface area contributed by atoms with E-state index in [2.05, 4.69) is 26.1 Å². The van der Waals surface area contributed by atoms with Crippen molar-refractivity contribution < 1.29 is 18.8 Å². The number of urea groups is 1. The first-order chi connectivity index (χ1) is 15.9.